The normalized spacial score (nSPS) is 10.5. The lowest BCUT2D eigenvalue weighted by atomic mass is 10.2. The molecule has 1 aromatic carbocycles. The van der Waals surface area contributed by atoms with Gasteiger partial charge < -0.3 is 20.4 Å². The number of amides is 1. The minimum atomic E-state index is -0.188. The van der Waals surface area contributed by atoms with E-state index >= 15 is 0 Å². The van der Waals surface area contributed by atoms with Crippen molar-refractivity contribution in [1.82, 2.24) is 9.97 Å². The molecule has 0 aliphatic rings. The van der Waals surface area contributed by atoms with Crippen LogP contribution in [0.4, 0.5) is 23.0 Å². The highest BCUT2D eigenvalue weighted by atomic mass is 16.3. The number of nitrogens with zero attached hydrogens (tertiary/aromatic N) is 2. The Kier molecular flexibility index (Phi) is 5.40. The number of furan rings is 1. The van der Waals surface area contributed by atoms with Crippen LogP contribution in [0.25, 0.3) is 0 Å². The molecule has 1 amide bonds. The number of aromatic nitrogens is 2. The van der Waals surface area contributed by atoms with Crippen LogP contribution >= 0.6 is 0 Å². The fraction of sp³-hybridized carbons (Fsp3) is 0.250. The Labute approximate surface area is 158 Å². The van der Waals surface area contributed by atoms with Gasteiger partial charge in [0.1, 0.15) is 29.0 Å². The van der Waals surface area contributed by atoms with Gasteiger partial charge in [0.15, 0.2) is 0 Å². The molecule has 0 saturated heterocycles. The minimum Gasteiger partial charge on any atom is -0.466 e. The molecule has 0 bridgehead atoms. The number of rotatable bonds is 6. The monoisotopic (exact) mass is 365 g/mol. The SMILES string of the molecule is CCNc1cc(Nc2ccc(NC(=O)c3cc(C)oc3C)cc2)nc(C)n1. The molecule has 3 rings (SSSR count). The van der Waals surface area contributed by atoms with Crippen molar-refractivity contribution >= 4 is 28.9 Å². The number of benzene rings is 1. The summed E-state index contributed by atoms with van der Waals surface area (Å²) >= 11 is 0. The first-order valence-electron chi connectivity index (χ1n) is 8.79. The Bertz CT molecular complexity index is 948. The molecular formula is C20H23N5O2. The molecule has 0 fully saturated rings. The third-order valence-electron chi connectivity index (χ3n) is 3.90. The summed E-state index contributed by atoms with van der Waals surface area (Å²) in [6.45, 7) is 8.26. The van der Waals surface area contributed by atoms with Crippen molar-refractivity contribution in [3.05, 3.63) is 59.3 Å². The summed E-state index contributed by atoms with van der Waals surface area (Å²) in [7, 11) is 0. The summed E-state index contributed by atoms with van der Waals surface area (Å²) in [5, 5.41) is 9.31. The van der Waals surface area contributed by atoms with Gasteiger partial charge in [-0.25, -0.2) is 9.97 Å². The second kappa shape index (κ2) is 7.90. The number of carbonyl (C=O) groups excluding carboxylic acids is 1. The standard InChI is InChI=1S/C20H23N5O2/c1-5-21-18-11-19(23-14(4)22-18)24-15-6-8-16(9-7-15)25-20(26)17-10-12(2)27-13(17)3/h6-11H,5H2,1-4H3,(H,25,26)(H2,21,22,23,24). The van der Waals surface area contributed by atoms with E-state index in [0.29, 0.717) is 34.4 Å². The van der Waals surface area contributed by atoms with Crippen LogP contribution in [0.2, 0.25) is 0 Å². The van der Waals surface area contributed by atoms with E-state index in [2.05, 4.69) is 25.9 Å². The van der Waals surface area contributed by atoms with Gasteiger partial charge in [-0.15, -0.1) is 0 Å². The van der Waals surface area contributed by atoms with Crippen molar-refractivity contribution in [2.45, 2.75) is 27.7 Å². The predicted molar refractivity (Wildman–Crippen MR) is 107 cm³/mol. The Morgan fingerprint density at radius 2 is 1.67 bits per heavy atom. The van der Waals surface area contributed by atoms with Crippen LogP contribution in [-0.4, -0.2) is 22.4 Å². The van der Waals surface area contributed by atoms with E-state index in [1.165, 1.54) is 0 Å². The molecule has 0 aliphatic heterocycles. The van der Waals surface area contributed by atoms with Crippen LogP contribution < -0.4 is 16.0 Å². The van der Waals surface area contributed by atoms with E-state index < -0.39 is 0 Å². The molecule has 140 valence electrons. The summed E-state index contributed by atoms with van der Waals surface area (Å²) in [5.41, 5.74) is 2.11. The van der Waals surface area contributed by atoms with E-state index in [1.54, 1.807) is 13.0 Å². The number of anilines is 4. The minimum absolute atomic E-state index is 0.188. The second-order valence-electron chi connectivity index (χ2n) is 6.20. The summed E-state index contributed by atoms with van der Waals surface area (Å²) in [4.78, 5) is 21.1. The Morgan fingerprint density at radius 3 is 2.30 bits per heavy atom. The maximum atomic E-state index is 12.4. The van der Waals surface area contributed by atoms with Crippen LogP contribution in [0.3, 0.4) is 0 Å². The first-order chi connectivity index (χ1) is 12.9. The largest absolute Gasteiger partial charge is 0.466 e. The van der Waals surface area contributed by atoms with Crippen LogP contribution in [0.5, 0.6) is 0 Å². The number of hydrogen-bond acceptors (Lipinski definition) is 6. The zero-order chi connectivity index (χ0) is 19.4. The third kappa shape index (κ3) is 4.63. The molecule has 0 spiro atoms. The van der Waals surface area contributed by atoms with Gasteiger partial charge in [0.25, 0.3) is 5.91 Å². The third-order valence-corrected chi connectivity index (χ3v) is 3.90. The van der Waals surface area contributed by atoms with E-state index in [4.69, 9.17) is 4.42 Å². The summed E-state index contributed by atoms with van der Waals surface area (Å²) in [5.74, 6) is 3.31. The fourth-order valence-corrected chi connectivity index (χ4v) is 2.74. The second-order valence-corrected chi connectivity index (χ2v) is 6.20. The average molecular weight is 365 g/mol. The Balaban J connectivity index is 1.68. The fourth-order valence-electron chi connectivity index (χ4n) is 2.74. The van der Waals surface area contributed by atoms with E-state index in [9.17, 15) is 4.79 Å². The topological polar surface area (TPSA) is 92.1 Å². The van der Waals surface area contributed by atoms with Gasteiger partial charge in [0.2, 0.25) is 0 Å². The van der Waals surface area contributed by atoms with Gasteiger partial charge in [-0.1, -0.05) is 0 Å². The molecule has 3 N–H and O–H groups in total. The van der Waals surface area contributed by atoms with Crippen LogP contribution in [0, 0.1) is 20.8 Å². The van der Waals surface area contributed by atoms with Crippen LogP contribution in [0.1, 0.15) is 34.6 Å². The van der Waals surface area contributed by atoms with Gasteiger partial charge >= 0.3 is 0 Å². The molecule has 3 aromatic rings. The van der Waals surface area contributed by atoms with E-state index in [0.717, 1.165) is 18.1 Å². The van der Waals surface area contributed by atoms with Crippen molar-refractivity contribution in [1.29, 1.82) is 0 Å². The van der Waals surface area contributed by atoms with Crippen molar-refractivity contribution < 1.29 is 9.21 Å². The van der Waals surface area contributed by atoms with Crippen molar-refractivity contribution in [2.75, 3.05) is 22.5 Å². The molecular weight excluding hydrogens is 342 g/mol. The van der Waals surface area contributed by atoms with Crippen LogP contribution in [0.15, 0.2) is 40.8 Å². The molecule has 2 aromatic heterocycles. The molecule has 0 radical (unpaired) electrons. The molecule has 27 heavy (non-hydrogen) atoms. The highest BCUT2D eigenvalue weighted by molar-refractivity contribution is 6.05. The van der Waals surface area contributed by atoms with Crippen LogP contribution in [-0.2, 0) is 0 Å². The maximum Gasteiger partial charge on any atom is 0.259 e. The van der Waals surface area contributed by atoms with Crippen molar-refractivity contribution in [3.8, 4) is 0 Å². The van der Waals surface area contributed by atoms with Gasteiger partial charge in [-0.3, -0.25) is 4.79 Å². The highest BCUT2D eigenvalue weighted by Crippen LogP contribution is 2.21. The van der Waals surface area contributed by atoms with Gasteiger partial charge in [-0.05, 0) is 58.0 Å². The van der Waals surface area contributed by atoms with Gasteiger partial charge in [0, 0.05) is 24.0 Å². The summed E-state index contributed by atoms with van der Waals surface area (Å²) in [6, 6.07) is 11.0. The molecule has 2 heterocycles. The first kappa shape index (κ1) is 18.4. The number of aryl methyl sites for hydroxylation is 3. The predicted octanol–water partition coefficient (Wildman–Crippen LogP) is 4.42. The van der Waals surface area contributed by atoms with Crippen molar-refractivity contribution in [3.63, 3.8) is 0 Å². The lowest BCUT2D eigenvalue weighted by Crippen LogP contribution is -2.12. The molecule has 7 heteroatoms. The highest BCUT2D eigenvalue weighted by Gasteiger charge is 2.13. The van der Waals surface area contributed by atoms with E-state index in [-0.39, 0.29) is 5.91 Å². The van der Waals surface area contributed by atoms with E-state index in [1.807, 2.05) is 51.1 Å². The molecule has 0 aliphatic carbocycles. The average Bonchev–Trinajstić information content (AvgIpc) is 2.95. The lowest BCUT2D eigenvalue weighted by molar-refractivity contribution is 0.102. The number of nitrogens with one attached hydrogen (secondary N) is 3. The zero-order valence-corrected chi connectivity index (χ0v) is 15.9. The number of hydrogen-bond donors (Lipinski definition) is 3. The number of carbonyl (C=O) groups is 1. The smallest absolute Gasteiger partial charge is 0.259 e. The lowest BCUT2D eigenvalue weighted by Gasteiger charge is -2.10. The molecule has 0 saturated carbocycles. The zero-order valence-electron chi connectivity index (χ0n) is 15.9. The molecule has 0 unspecified atom stereocenters. The van der Waals surface area contributed by atoms with Gasteiger partial charge in [0.05, 0.1) is 5.56 Å². The Hall–Kier alpha value is -3.35. The summed E-state index contributed by atoms with van der Waals surface area (Å²) < 4.78 is 5.41. The van der Waals surface area contributed by atoms with Crippen molar-refractivity contribution in [2.24, 2.45) is 0 Å². The molecule has 7 nitrogen and oxygen atoms in total. The van der Waals surface area contributed by atoms with Gasteiger partial charge in [-0.2, -0.15) is 0 Å². The first-order valence-corrected chi connectivity index (χ1v) is 8.79. The summed E-state index contributed by atoms with van der Waals surface area (Å²) in [6.07, 6.45) is 0. The Morgan fingerprint density at radius 1 is 1.00 bits per heavy atom. The quantitative estimate of drug-likeness (QED) is 0.599. The molecule has 0 atom stereocenters. The maximum absolute atomic E-state index is 12.4.